The van der Waals surface area contributed by atoms with Crippen LogP contribution < -0.4 is 4.90 Å². The van der Waals surface area contributed by atoms with E-state index in [2.05, 4.69) is 58.0 Å². The smallest absolute Gasteiger partial charge is 0.129 e. The van der Waals surface area contributed by atoms with E-state index in [0.29, 0.717) is 11.9 Å². The molecule has 0 amide bonds. The predicted molar refractivity (Wildman–Crippen MR) is 93.4 cm³/mol. The van der Waals surface area contributed by atoms with Crippen LogP contribution in [0.5, 0.6) is 0 Å². The van der Waals surface area contributed by atoms with E-state index in [9.17, 15) is 0 Å². The zero-order chi connectivity index (χ0) is 15.3. The molecule has 0 radical (unpaired) electrons. The molecular weight excluding hydrogens is 288 g/mol. The highest BCUT2D eigenvalue weighted by Crippen LogP contribution is 2.26. The zero-order valence-corrected chi connectivity index (χ0v) is 15.1. The Labute approximate surface area is 133 Å². The molecule has 1 unspecified atom stereocenters. The summed E-state index contributed by atoms with van der Waals surface area (Å²) in [6, 6.07) is 4.75. The van der Waals surface area contributed by atoms with Crippen molar-refractivity contribution < 1.29 is 0 Å². The van der Waals surface area contributed by atoms with Crippen molar-refractivity contribution in [2.45, 2.75) is 51.5 Å². The first kappa shape index (κ1) is 17.6. The molecule has 1 aromatic rings. The van der Waals surface area contributed by atoms with Crippen LogP contribution in [0.4, 0.5) is 5.82 Å². The molecule has 0 saturated heterocycles. The van der Waals surface area contributed by atoms with Gasteiger partial charge in [0.1, 0.15) is 5.82 Å². The predicted octanol–water partition coefficient (Wildman–Crippen LogP) is 4.70. The number of hydrogen-bond donors (Lipinski definition) is 0. The fourth-order valence-corrected chi connectivity index (χ4v) is 3.09. The minimum Gasteiger partial charge on any atom is -0.356 e. The molecule has 0 N–H and O–H groups in total. The molecule has 1 rings (SSSR count). The fraction of sp³-hybridized carbons (Fsp3) is 0.688. The molecule has 0 aliphatic heterocycles. The first-order chi connectivity index (χ1) is 9.33. The first-order valence-electron chi connectivity index (χ1n) is 7.12. The van der Waals surface area contributed by atoms with Crippen molar-refractivity contribution in [3.05, 3.63) is 23.4 Å². The number of anilines is 1. The van der Waals surface area contributed by atoms with E-state index in [1.807, 2.05) is 11.8 Å². The molecule has 0 aliphatic carbocycles. The standard InChI is InChI=1S/C16H27ClN2S/c1-7-13(11-20-6)19(5)15-9-12(10-17)8-14(18-15)16(2,3)4/h8-9,13H,7,10-11H2,1-6H3. The minimum atomic E-state index is 0.0406. The Hall–Kier alpha value is -0.410. The molecule has 0 saturated carbocycles. The highest BCUT2D eigenvalue weighted by molar-refractivity contribution is 7.98. The van der Waals surface area contributed by atoms with Crippen LogP contribution >= 0.6 is 23.4 Å². The SMILES string of the molecule is CCC(CSC)N(C)c1cc(CCl)cc(C(C)(C)C)n1. The van der Waals surface area contributed by atoms with Gasteiger partial charge in [0.05, 0.1) is 0 Å². The second-order valence-electron chi connectivity index (χ2n) is 6.23. The summed E-state index contributed by atoms with van der Waals surface area (Å²) in [7, 11) is 2.14. The van der Waals surface area contributed by atoms with Crippen LogP contribution in [0, 0.1) is 0 Å². The third kappa shape index (κ3) is 4.56. The third-order valence-corrected chi connectivity index (χ3v) is 4.56. The maximum absolute atomic E-state index is 6.05. The van der Waals surface area contributed by atoms with Gasteiger partial charge in [-0.1, -0.05) is 27.7 Å². The summed E-state index contributed by atoms with van der Waals surface area (Å²) in [5, 5.41) is 0. The highest BCUT2D eigenvalue weighted by atomic mass is 35.5. The number of thioether (sulfide) groups is 1. The summed E-state index contributed by atoms with van der Waals surface area (Å²) in [4.78, 5) is 7.16. The van der Waals surface area contributed by atoms with E-state index >= 15 is 0 Å². The monoisotopic (exact) mass is 314 g/mol. The van der Waals surface area contributed by atoms with Gasteiger partial charge in [-0.3, -0.25) is 0 Å². The van der Waals surface area contributed by atoms with Gasteiger partial charge in [0, 0.05) is 35.8 Å². The van der Waals surface area contributed by atoms with E-state index < -0.39 is 0 Å². The van der Waals surface area contributed by atoms with Gasteiger partial charge in [0.2, 0.25) is 0 Å². The Kier molecular flexibility index (Phi) is 6.67. The summed E-state index contributed by atoms with van der Waals surface area (Å²) >= 11 is 7.93. The average molecular weight is 315 g/mol. The topological polar surface area (TPSA) is 16.1 Å². The lowest BCUT2D eigenvalue weighted by Crippen LogP contribution is -2.34. The molecule has 0 fully saturated rings. The number of nitrogens with zero attached hydrogens (tertiary/aromatic N) is 2. The molecule has 0 bridgehead atoms. The zero-order valence-electron chi connectivity index (χ0n) is 13.5. The van der Waals surface area contributed by atoms with Crippen molar-refractivity contribution in [3.63, 3.8) is 0 Å². The van der Waals surface area contributed by atoms with E-state index in [4.69, 9.17) is 16.6 Å². The molecule has 114 valence electrons. The van der Waals surface area contributed by atoms with Crippen LogP contribution in [0.1, 0.15) is 45.4 Å². The van der Waals surface area contributed by atoms with Gasteiger partial charge in [-0.2, -0.15) is 11.8 Å². The lowest BCUT2D eigenvalue weighted by Gasteiger charge is -2.30. The quantitative estimate of drug-likeness (QED) is 0.708. The first-order valence-corrected chi connectivity index (χ1v) is 9.05. The molecule has 0 aliphatic rings. The number of alkyl halides is 1. The molecule has 1 atom stereocenters. The van der Waals surface area contributed by atoms with Crippen molar-refractivity contribution in [2.24, 2.45) is 0 Å². The van der Waals surface area contributed by atoms with Crippen LogP contribution in [0.3, 0.4) is 0 Å². The van der Waals surface area contributed by atoms with Gasteiger partial charge < -0.3 is 4.90 Å². The summed E-state index contributed by atoms with van der Waals surface area (Å²) in [6.45, 7) is 8.80. The van der Waals surface area contributed by atoms with Crippen LogP contribution in [-0.2, 0) is 11.3 Å². The molecule has 20 heavy (non-hydrogen) atoms. The average Bonchev–Trinajstić information content (AvgIpc) is 2.42. The number of pyridine rings is 1. The molecule has 0 spiro atoms. The second-order valence-corrected chi connectivity index (χ2v) is 7.41. The van der Waals surface area contributed by atoms with Gasteiger partial charge in [-0.05, 0) is 30.4 Å². The van der Waals surface area contributed by atoms with Gasteiger partial charge in [-0.15, -0.1) is 11.6 Å². The van der Waals surface area contributed by atoms with Crippen molar-refractivity contribution in [1.29, 1.82) is 0 Å². The van der Waals surface area contributed by atoms with Crippen LogP contribution in [0.25, 0.3) is 0 Å². The molecule has 2 nitrogen and oxygen atoms in total. The Morgan fingerprint density at radius 1 is 1.35 bits per heavy atom. The molecule has 1 heterocycles. The second kappa shape index (κ2) is 7.56. The maximum Gasteiger partial charge on any atom is 0.129 e. The summed E-state index contributed by atoms with van der Waals surface area (Å²) in [5.41, 5.74) is 2.29. The number of rotatable bonds is 6. The normalized spacial score (nSPS) is 13.3. The van der Waals surface area contributed by atoms with Crippen molar-refractivity contribution in [3.8, 4) is 0 Å². The van der Waals surface area contributed by atoms with E-state index in [1.54, 1.807) is 0 Å². The summed E-state index contributed by atoms with van der Waals surface area (Å²) in [6.07, 6.45) is 3.27. The number of aromatic nitrogens is 1. The number of hydrogen-bond acceptors (Lipinski definition) is 3. The lowest BCUT2D eigenvalue weighted by molar-refractivity contribution is 0.565. The molecular formula is C16H27ClN2S. The Balaban J connectivity index is 3.16. The van der Waals surface area contributed by atoms with E-state index in [-0.39, 0.29) is 5.41 Å². The van der Waals surface area contributed by atoms with Crippen molar-refractivity contribution in [2.75, 3.05) is 24.0 Å². The van der Waals surface area contributed by atoms with Crippen LogP contribution in [0.15, 0.2) is 12.1 Å². The van der Waals surface area contributed by atoms with E-state index in [0.717, 1.165) is 29.2 Å². The van der Waals surface area contributed by atoms with Crippen LogP contribution in [-0.4, -0.2) is 30.1 Å². The van der Waals surface area contributed by atoms with Gasteiger partial charge in [0.15, 0.2) is 0 Å². The Morgan fingerprint density at radius 3 is 2.45 bits per heavy atom. The van der Waals surface area contributed by atoms with Gasteiger partial charge >= 0.3 is 0 Å². The Morgan fingerprint density at radius 2 is 2.00 bits per heavy atom. The van der Waals surface area contributed by atoms with Crippen molar-refractivity contribution in [1.82, 2.24) is 4.98 Å². The molecule has 1 aromatic heterocycles. The largest absolute Gasteiger partial charge is 0.356 e. The minimum absolute atomic E-state index is 0.0406. The highest BCUT2D eigenvalue weighted by Gasteiger charge is 2.20. The van der Waals surface area contributed by atoms with Crippen molar-refractivity contribution >= 4 is 29.2 Å². The van der Waals surface area contributed by atoms with Gasteiger partial charge in [0.25, 0.3) is 0 Å². The third-order valence-electron chi connectivity index (χ3n) is 3.53. The molecule has 0 aromatic carbocycles. The van der Waals surface area contributed by atoms with Crippen LogP contribution in [0.2, 0.25) is 0 Å². The van der Waals surface area contributed by atoms with E-state index in [1.165, 1.54) is 0 Å². The Bertz CT molecular complexity index is 429. The fourth-order valence-electron chi connectivity index (χ4n) is 2.10. The summed E-state index contributed by atoms with van der Waals surface area (Å²) < 4.78 is 0. The number of halogens is 1. The lowest BCUT2D eigenvalue weighted by atomic mass is 9.91. The molecule has 4 heteroatoms. The summed E-state index contributed by atoms with van der Waals surface area (Å²) in [5.74, 6) is 2.69. The van der Waals surface area contributed by atoms with Gasteiger partial charge in [-0.25, -0.2) is 4.98 Å². The maximum atomic E-state index is 6.05.